The molecule has 1 aromatic carbocycles. The fourth-order valence-corrected chi connectivity index (χ4v) is 6.09. The average Bonchev–Trinajstić information content (AvgIpc) is 3.54. The highest BCUT2D eigenvalue weighted by molar-refractivity contribution is 5.79. The molecule has 4 rings (SSSR count). The van der Waals surface area contributed by atoms with Crippen molar-refractivity contribution >= 4 is 11.9 Å². The minimum Gasteiger partial charge on any atom is -0.493 e. The lowest BCUT2D eigenvalue weighted by Gasteiger charge is -2.31. The van der Waals surface area contributed by atoms with Crippen molar-refractivity contribution in [2.24, 2.45) is 11.7 Å². The van der Waals surface area contributed by atoms with E-state index in [0.29, 0.717) is 49.8 Å². The zero-order chi connectivity index (χ0) is 27.1. The molecule has 3 N–H and O–H groups in total. The molecule has 3 aliphatic rings. The van der Waals surface area contributed by atoms with Crippen molar-refractivity contribution < 1.29 is 33.6 Å². The summed E-state index contributed by atoms with van der Waals surface area (Å²) in [7, 11) is 1.56. The van der Waals surface area contributed by atoms with Gasteiger partial charge in [0.15, 0.2) is 11.5 Å². The normalized spacial score (nSPS) is 24.9. The molecule has 2 saturated heterocycles. The Morgan fingerprint density at radius 2 is 2.05 bits per heavy atom. The second-order valence-electron chi connectivity index (χ2n) is 10.5. The second kappa shape index (κ2) is 13.5. The van der Waals surface area contributed by atoms with Crippen LogP contribution in [-0.4, -0.2) is 92.2 Å². The van der Waals surface area contributed by atoms with Crippen LogP contribution in [0.5, 0.6) is 17.2 Å². The number of nitrogens with zero attached hydrogens (tertiary/aromatic N) is 2. The topological polar surface area (TPSA) is 124 Å². The van der Waals surface area contributed by atoms with E-state index in [1.54, 1.807) is 7.11 Å². The predicted octanol–water partition coefficient (Wildman–Crippen LogP) is 2.83. The summed E-state index contributed by atoms with van der Waals surface area (Å²) in [6, 6.07) is 3.41. The third kappa shape index (κ3) is 6.52. The smallest absolute Gasteiger partial charge is 0.308 e. The van der Waals surface area contributed by atoms with E-state index in [9.17, 15) is 14.7 Å². The summed E-state index contributed by atoms with van der Waals surface area (Å²) < 4.78 is 22.7. The third-order valence-electron chi connectivity index (χ3n) is 8.07. The van der Waals surface area contributed by atoms with Crippen molar-refractivity contribution in [3.05, 3.63) is 17.7 Å². The van der Waals surface area contributed by atoms with E-state index in [4.69, 9.17) is 24.7 Å². The van der Waals surface area contributed by atoms with Gasteiger partial charge in [-0.2, -0.15) is 0 Å². The van der Waals surface area contributed by atoms with E-state index < -0.39 is 11.9 Å². The Labute approximate surface area is 225 Å². The molecule has 0 radical (unpaired) electrons. The van der Waals surface area contributed by atoms with Gasteiger partial charge in [0.2, 0.25) is 18.4 Å². The number of amides is 1. The van der Waals surface area contributed by atoms with Gasteiger partial charge in [0, 0.05) is 44.7 Å². The standard InChI is InChI=1S/C28H43N3O7/c1-3-4-11-30(12-10-29)25(32)17-31-16-21(19-14-23(35-2)27-24(15-19)37-18-38-27)26(28(33)34)22(31)9-8-20-7-5-6-13-36-20/h14-15,20-22,26H,3-13,16-18,29H2,1-2H3,(H,33,34)/t20?,21-,22+,26?/m1/s1. The van der Waals surface area contributed by atoms with Gasteiger partial charge in [0.25, 0.3) is 0 Å². The van der Waals surface area contributed by atoms with Crippen LogP contribution in [0.25, 0.3) is 0 Å². The number of nitrogens with two attached hydrogens (primary N) is 1. The maximum atomic E-state index is 13.4. The van der Waals surface area contributed by atoms with Crippen molar-refractivity contribution in [3.63, 3.8) is 0 Å². The van der Waals surface area contributed by atoms with Gasteiger partial charge in [-0.3, -0.25) is 14.5 Å². The highest BCUT2D eigenvalue weighted by atomic mass is 16.7. The molecule has 3 aliphatic heterocycles. The van der Waals surface area contributed by atoms with Crippen LogP contribution in [0.1, 0.15) is 63.4 Å². The molecule has 2 unspecified atom stereocenters. The van der Waals surface area contributed by atoms with E-state index in [1.807, 2.05) is 17.0 Å². The zero-order valence-corrected chi connectivity index (χ0v) is 22.7. The predicted molar refractivity (Wildman–Crippen MR) is 142 cm³/mol. The SMILES string of the molecule is CCCCN(CCN)C(=O)CN1C[C@H](c2cc(OC)c3c(c2)OCO3)C(C(=O)O)[C@@H]1CCC1CCCCO1. The molecule has 1 amide bonds. The number of aliphatic carboxylic acids is 1. The Morgan fingerprint density at radius 1 is 1.21 bits per heavy atom. The minimum atomic E-state index is -0.860. The van der Waals surface area contributed by atoms with Crippen LogP contribution >= 0.6 is 0 Å². The van der Waals surface area contributed by atoms with Gasteiger partial charge < -0.3 is 34.7 Å². The fraction of sp³-hybridized carbons (Fsp3) is 0.714. The zero-order valence-electron chi connectivity index (χ0n) is 22.7. The monoisotopic (exact) mass is 533 g/mol. The fourth-order valence-electron chi connectivity index (χ4n) is 6.09. The van der Waals surface area contributed by atoms with E-state index in [-0.39, 0.29) is 37.3 Å². The summed E-state index contributed by atoms with van der Waals surface area (Å²) in [5, 5.41) is 10.5. The number of likely N-dealkylation sites (tertiary alicyclic amines) is 1. The van der Waals surface area contributed by atoms with Crippen LogP contribution in [0, 0.1) is 5.92 Å². The molecule has 1 aromatic rings. The first-order chi connectivity index (χ1) is 18.5. The number of ether oxygens (including phenoxy) is 4. The maximum Gasteiger partial charge on any atom is 0.308 e. The molecule has 4 atom stereocenters. The quantitative estimate of drug-likeness (QED) is 0.394. The largest absolute Gasteiger partial charge is 0.493 e. The molecule has 10 heteroatoms. The number of hydrogen-bond acceptors (Lipinski definition) is 8. The summed E-state index contributed by atoms with van der Waals surface area (Å²) >= 11 is 0. The first-order valence-corrected chi connectivity index (χ1v) is 14.0. The number of carboxylic acids is 1. The molecule has 0 aromatic heterocycles. The number of hydrogen-bond donors (Lipinski definition) is 2. The molecule has 212 valence electrons. The van der Waals surface area contributed by atoms with Crippen molar-refractivity contribution in [2.75, 3.05) is 53.2 Å². The molecule has 3 heterocycles. The lowest BCUT2D eigenvalue weighted by molar-refractivity contribution is -0.144. The first kappa shape index (κ1) is 28.4. The van der Waals surface area contributed by atoms with Gasteiger partial charge >= 0.3 is 5.97 Å². The average molecular weight is 534 g/mol. The van der Waals surface area contributed by atoms with Crippen molar-refractivity contribution in [1.29, 1.82) is 0 Å². The van der Waals surface area contributed by atoms with E-state index in [0.717, 1.165) is 50.7 Å². The lowest BCUT2D eigenvalue weighted by atomic mass is 9.83. The van der Waals surface area contributed by atoms with E-state index in [2.05, 4.69) is 11.8 Å². The number of carbonyl (C=O) groups is 2. The summed E-state index contributed by atoms with van der Waals surface area (Å²) in [6.07, 6.45) is 6.65. The number of rotatable bonds is 13. The van der Waals surface area contributed by atoms with Crippen LogP contribution in [-0.2, 0) is 14.3 Å². The van der Waals surface area contributed by atoms with Crippen LogP contribution in [0.4, 0.5) is 0 Å². The van der Waals surface area contributed by atoms with Crippen molar-refractivity contribution in [1.82, 2.24) is 9.80 Å². The summed E-state index contributed by atoms with van der Waals surface area (Å²) in [5.74, 6) is -0.271. The number of carbonyl (C=O) groups excluding carboxylic acids is 1. The highest BCUT2D eigenvalue weighted by Gasteiger charge is 2.47. The Kier molecular flexibility index (Phi) is 10.1. The Bertz CT molecular complexity index is 953. The molecule has 0 bridgehead atoms. The van der Waals surface area contributed by atoms with Crippen LogP contribution in [0.15, 0.2) is 12.1 Å². The molecule has 2 fully saturated rings. The first-order valence-electron chi connectivity index (χ1n) is 14.0. The van der Waals surface area contributed by atoms with Gasteiger partial charge in [0.05, 0.1) is 25.7 Å². The summed E-state index contributed by atoms with van der Waals surface area (Å²) in [4.78, 5) is 30.1. The molecular formula is C28H43N3O7. The number of benzene rings is 1. The van der Waals surface area contributed by atoms with Gasteiger partial charge in [-0.25, -0.2) is 0 Å². The molecule has 0 saturated carbocycles. The van der Waals surface area contributed by atoms with Crippen LogP contribution in [0.2, 0.25) is 0 Å². The van der Waals surface area contributed by atoms with Gasteiger partial charge in [-0.05, 0) is 56.2 Å². The van der Waals surface area contributed by atoms with Gasteiger partial charge in [-0.15, -0.1) is 0 Å². The highest BCUT2D eigenvalue weighted by Crippen LogP contribution is 2.47. The Hall–Kier alpha value is -2.56. The molecule has 0 spiro atoms. The number of carboxylic acid groups (broad SMARTS) is 1. The Balaban J connectivity index is 1.60. The minimum absolute atomic E-state index is 0.00382. The number of unbranched alkanes of at least 4 members (excludes halogenated alkanes) is 1. The van der Waals surface area contributed by atoms with E-state index in [1.165, 1.54) is 0 Å². The number of fused-ring (bicyclic) bond motifs is 1. The van der Waals surface area contributed by atoms with Crippen molar-refractivity contribution in [2.45, 2.75) is 69.9 Å². The molecule has 0 aliphatic carbocycles. The van der Waals surface area contributed by atoms with Gasteiger partial charge in [0.1, 0.15) is 0 Å². The van der Waals surface area contributed by atoms with Crippen LogP contribution < -0.4 is 19.9 Å². The van der Waals surface area contributed by atoms with E-state index >= 15 is 0 Å². The third-order valence-corrected chi connectivity index (χ3v) is 8.07. The van der Waals surface area contributed by atoms with Gasteiger partial charge in [-0.1, -0.05) is 13.3 Å². The summed E-state index contributed by atoms with van der Waals surface area (Å²) in [5.41, 5.74) is 6.62. The molecule has 38 heavy (non-hydrogen) atoms. The van der Waals surface area contributed by atoms with Crippen molar-refractivity contribution in [3.8, 4) is 17.2 Å². The number of methoxy groups -OCH3 is 1. The summed E-state index contributed by atoms with van der Waals surface area (Å²) in [6.45, 7) is 5.12. The Morgan fingerprint density at radius 3 is 2.74 bits per heavy atom. The molecule has 10 nitrogen and oxygen atoms in total. The maximum absolute atomic E-state index is 13.4. The molecular weight excluding hydrogens is 490 g/mol. The second-order valence-corrected chi connectivity index (χ2v) is 10.5. The van der Waals surface area contributed by atoms with Crippen LogP contribution in [0.3, 0.4) is 0 Å². The lowest BCUT2D eigenvalue weighted by Crippen LogP contribution is -2.46.